The summed E-state index contributed by atoms with van der Waals surface area (Å²) in [5, 5.41) is 0. The molecule has 20 heavy (non-hydrogen) atoms. The van der Waals surface area contributed by atoms with Crippen molar-refractivity contribution >= 4 is 0 Å². The maximum atomic E-state index is 5.54. The maximum Gasteiger partial charge on any atom is 0.127 e. The molecular formula is C17H23NO2. The summed E-state index contributed by atoms with van der Waals surface area (Å²) in [4.78, 5) is 0. The second kappa shape index (κ2) is 8.99. The summed E-state index contributed by atoms with van der Waals surface area (Å²) in [7, 11) is 3.24. The number of ether oxygens (including phenoxy) is 2. The summed E-state index contributed by atoms with van der Waals surface area (Å²) < 4.78 is 10.2. The Bertz CT molecular complexity index is 475. The molecule has 0 fully saturated rings. The number of aryl methyl sites for hydroxylation is 1. The first-order chi connectivity index (χ1) is 9.76. The first-order valence-electron chi connectivity index (χ1n) is 6.70. The van der Waals surface area contributed by atoms with E-state index in [1.165, 1.54) is 5.56 Å². The fraction of sp³-hybridized carbons (Fsp3) is 0.294. The molecule has 0 amide bonds. The number of benzene rings is 2. The van der Waals surface area contributed by atoms with Crippen molar-refractivity contribution in [2.75, 3.05) is 14.2 Å². The molecule has 2 rings (SSSR count). The lowest BCUT2D eigenvalue weighted by molar-refractivity contribution is 0.385. The quantitative estimate of drug-likeness (QED) is 0.928. The van der Waals surface area contributed by atoms with Crippen molar-refractivity contribution in [2.45, 2.75) is 19.9 Å². The van der Waals surface area contributed by atoms with E-state index in [1.54, 1.807) is 14.2 Å². The van der Waals surface area contributed by atoms with E-state index in [9.17, 15) is 0 Å². The number of rotatable bonds is 4. The van der Waals surface area contributed by atoms with Gasteiger partial charge in [-0.2, -0.15) is 0 Å². The zero-order valence-electron chi connectivity index (χ0n) is 12.4. The van der Waals surface area contributed by atoms with Gasteiger partial charge in [-0.1, -0.05) is 43.3 Å². The van der Waals surface area contributed by atoms with E-state index in [2.05, 4.69) is 31.2 Å². The van der Waals surface area contributed by atoms with E-state index in [0.29, 0.717) is 6.54 Å². The summed E-state index contributed by atoms with van der Waals surface area (Å²) in [5.74, 6) is 1.55. The van der Waals surface area contributed by atoms with Crippen molar-refractivity contribution in [3.8, 4) is 11.5 Å². The van der Waals surface area contributed by atoms with Gasteiger partial charge in [-0.25, -0.2) is 0 Å². The zero-order chi connectivity index (χ0) is 14.8. The molecule has 0 aliphatic carbocycles. The summed E-state index contributed by atoms with van der Waals surface area (Å²) in [5.41, 5.74) is 7.86. The highest BCUT2D eigenvalue weighted by Crippen LogP contribution is 2.27. The molecular weight excluding hydrogens is 250 g/mol. The van der Waals surface area contributed by atoms with Crippen molar-refractivity contribution in [3.05, 3.63) is 59.7 Å². The first kappa shape index (κ1) is 16.1. The maximum absolute atomic E-state index is 5.54. The molecule has 0 heterocycles. The minimum atomic E-state index is 0.424. The molecule has 0 aliphatic heterocycles. The average molecular weight is 273 g/mol. The predicted molar refractivity (Wildman–Crippen MR) is 83.3 cm³/mol. The zero-order valence-corrected chi connectivity index (χ0v) is 12.4. The minimum absolute atomic E-state index is 0.424. The van der Waals surface area contributed by atoms with Crippen LogP contribution in [0.5, 0.6) is 11.5 Å². The van der Waals surface area contributed by atoms with Crippen LogP contribution in [0.1, 0.15) is 18.1 Å². The highest BCUT2D eigenvalue weighted by atomic mass is 16.5. The van der Waals surface area contributed by atoms with Crippen LogP contribution in [0.15, 0.2) is 48.5 Å². The Morgan fingerprint density at radius 1 is 0.850 bits per heavy atom. The van der Waals surface area contributed by atoms with Crippen LogP contribution in [0.4, 0.5) is 0 Å². The number of nitrogens with two attached hydrogens (primary N) is 1. The van der Waals surface area contributed by atoms with Crippen LogP contribution in [-0.2, 0) is 13.0 Å². The molecule has 0 radical (unpaired) electrons. The molecule has 0 spiro atoms. The minimum Gasteiger partial charge on any atom is -0.496 e. The smallest absolute Gasteiger partial charge is 0.127 e. The van der Waals surface area contributed by atoms with Gasteiger partial charge in [0.25, 0.3) is 0 Å². The van der Waals surface area contributed by atoms with Gasteiger partial charge in [0.1, 0.15) is 11.5 Å². The van der Waals surface area contributed by atoms with Crippen LogP contribution in [0, 0.1) is 0 Å². The molecule has 0 saturated heterocycles. The molecule has 3 heteroatoms. The Labute approximate surface area is 121 Å². The summed E-state index contributed by atoms with van der Waals surface area (Å²) >= 11 is 0. The fourth-order valence-electron chi connectivity index (χ4n) is 1.84. The van der Waals surface area contributed by atoms with Crippen molar-refractivity contribution < 1.29 is 9.47 Å². The molecule has 0 unspecified atom stereocenters. The fourth-order valence-corrected chi connectivity index (χ4v) is 1.84. The standard InChI is InChI=1S/C9H13NO2.C8H10/c1-11-8-4-3-5-9(12-2)7(8)6-10;1-2-8-6-4-3-5-7-8/h3-5H,6,10H2,1-2H3;3-7H,2H2,1H3. The van der Waals surface area contributed by atoms with Gasteiger partial charge >= 0.3 is 0 Å². The Morgan fingerprint density at radius 3 is 1.75 bits per heavy atom. The van der Waals surface area contributed by atoms with Crippen LogP contribution in [0.25, 0.3) is 0 Å². The van der Waals surface area contributed by atoms with E-state index in [4.69, 9.17) is 15.2 Å². The summed E-state index contributed by atoms with van der Waals surface area (Å²) in [6.07, 6.45) is 1.14. The molecule has 0 bridgehead atoms. The lowest BCUT2D eigenvalue weighted by Crippen LogP contribution is -2.02. The van der Waals surface area contributed by atoms with Crippen LogP contribution >= 0.6 is 0 Å². The Morgan fingerprint density at radius 2 is 1.40 bits per heavy atom. The van der Waals surface area contributed by atoms with Gasteiger partial charge in [0.05, 0.1) is 14.2 Å². The first-order valence-corrected chi connectivity index (χ1v) is 6.70. The molecule has 108 valence electrons. The van der Waals surface area contributed by atoms with Gasteiger partial charge in [0, 0.05) is 12.1 Å². The molecule has 2 aromatic carbocycles. The second-order valence-corrected chi connectivity index (χ2v) is 4.18. The van der Waals surface area contributed by atoms with E-state index < -0.39 is 0 Å². The largest absolute Gasteiger partial charge is 0.496 e. The van der Waals surface area contributed by atoms with Gasteiger partial charge in [-0.3, -0.25) is 0 Å². The normalized spacial score (nSPS) is 9.40. The van der Waals surface area contributed by atoms with Gasteiger partial charge < -0.3 is 15.2 Å². The summed E-state index contributed by atoms with van der Waals surface area (Å²) in [6, 6.07) is 16.1. The predicted octanol–water partition coefficient (Wildman–Crippen LogP) is 3.41. The van der Waals surface area contributed by atoms with Crippen LogP contribution < -0.4 is 15.2 Å². The van der Waals surface area contributed by atoms with Crippen LogP contribution in [0.2, 0.25) is 0 Å². The number of hydrogen-bond donors (Lipinski definition) is 1. The van der Waals surface area contributed by atoms with Crippen molar-refractivity contribution in [1.29, 1.82) is 0 Å². The molecule has 0 aliphatic rings. The highest BCUT2D eigenvalue weighted by molar-refractivity contribution is 5.44. The molecule has 0 saturated carbocycles. The third-order valence-electron chi connectivity index (χ3n) is 2.99. The van der Waals surface area contributed by atoms with Crippen molar-refractivity contribution in [2.24, 2.45) is 5.73 Å². The Kier molecular flexibility index (Phi) is 7.22. The van der Waals surface area contributed by atoms with Crippen LogP contribution in [0.3, 0.4) is 0 Å². The van der Waals surface area contributed by atoms with E-state index in [0.717, 1.165) is 23.5 Å². The van der Waals surface area contributed by atoms with Crippen molar-refractivity contribution in [1.82, 2.24) is 0 Å². The SMILES string of the molecule is CCc1ccccc1.COc1cccc(OC)c1CN. The van der Waals surface area contributed by atoms with E-state index >= 15 is 0 Å². The van der Waals surface area contributed by atoms with Gasteiger partial charge in [0.15, 0.2) is 0 Å². The number of methoxy groups -OCH3 is 2. The average Bonchev–Trinajstić information content (AvgIpc) is 2.55. The lowest BCUT2D eigenvalue weighted by atomic mass is 10.2. The van der Waals surface area contributed by atoms with Gasteiger partial charge in [-0.05, 0) is 24.1 Å². The Hall–Kier alpha value is -2.00. The molecule has 0 atom stereocenters. The Balaban J connectivity index is 0.000000217. The van der Waals surface area contributed by atoms with Crippen molar-refractivity contribution in [3.63, 3.8) is 0 Å². The van der Waals surface area contributed by atoms with Gasteiger partial charge in [-0.15, -0.1) is 0 Å². The molecule has 3 nitrogen and oxygen atoms in total. The topological polar surface area (TPSA) is 44.5 Å². The molecule has 2 N–H and O–H groups in total. The van der Waals surface area contributed by atoms with E-state index in [1.807, 2.05) is 24.3 Å². The van der Waals surface area contributed by atoms with Crippen LogP contribution in [-0.4, -0.2) is 14.2 Å². The third-order valence-corrected chi connectivity index (χ3v) is 2.99. The monoisotopic (exact) mass is 273 g/mol. The molecule has 0 aromatic heterocycles. The number of hydrogen-bond acceptors (Lipinski definition) is 3. The molecule has 2 aromatic rings. The third kappa shape index (κ3) is 4.59. The highest BCUT2D eigenvalue weighted by Gasteiger charge is 2.06. The van der Waals surface area contributed by atoms with E-state index in [-0.39, 0.29) is 0 Å². The second-order valence-electron chi connectivity index (χ2n) is 4.18. The lowest BCUT2D eigenvalue weighted by Gasteiger charge is -2.10. The van der Waals surface area contributed by atoms with Gasteiger partial charge in [0.2, 0.25) is 0 Å². The summed E-state index contributed by atoms with van der Waals surface area (Å²) in [6.45, 7) is 2.59.